The Morgan fingerprint density at radius 1 is 1.19 bits per heavy atom. The average Bonchev–Trinajstić information content (AvgIpc) is 2.93. The number of nitrogens with zero attached hydrogens (tertiary/aromatic N) is 1. The maximum Gasteiger partial charge on any atom is 0.0156 e. The van der Waals surface area contributed by atoms with Gasteiger partial charge in [-0.2, -0.15) is 0 Å². The molecular weight excluding hydrogens is 196 g/mol. The largest absolute Gasteiger partial charge is 0.316 e. The molecular formula is C14H28N2. The molecule has 0 radical (unpaired) electrons. The average molecular weight is 224 g/mol. The van der Waals surface area contributed by atoms with Gasteiger partial charge in [0.2, 0.25) is 0 Å². The lowest BCUT2D eigenvalue weighted by molar-refractivity contribution is 0.207. The molecule has 0 saturated heterocycles. The van der Waals surface area contributed by atoms with E-state index in [2.05, 4.69) is 38.2 Å². The molecule has 2 unspecified atom stereocenters. The molecule has 0 bridgehead atoms. The summed E-state index contributed by atoms with van der Waals surface area (Å²) in [5, 5.41) is 3.55. The smallest absolute Gasteiger partial charge is 0.0156 e. The van der Waals surface area contributed by atoms with Gasteiger partial charge >= 0.3 is 0 Å². The van der Waals surface area contributed by atoms with Gasteiger partial charge in [0.15, 0.2) is 0 Å². The molecule has 2 rings (SSSR count). The van der Waals surface area contributed by atoms with Gasteiger partial charge in [-0.15, -0.1) is 0 Å². The van der Waals surface area contributed by atoms with Gasteiger partial charge in [0.25, 0.3) is 0 Å². The molecule has 2 aliphatic rings. The zero-order valence-corrected chi connectivity index (χ0v) is 11.4. The zero-order chi connectivity index (χ0) is 11.8. The molecule has 0 heterocycles. The fraction of sp³-hybridized carbons (Fsp3) is 1.00. The van der Waals surface area contributed by atoms with Crippen molar-refractivity contribution in [2.45, 2.75) is 45.6 Å². The van der Waals surface area contributed by atoms with Gasteiger partial charge in [-0.3, -0.25) is 0 Å². The van der Waals surface area contributed by atoms with Crippen molar-refractivity contribution in [1.29, 1.82) is 0 Å². The van der Waals surface area contributed by atoms with Crippen LogP contribution in [0.15, 0.2) is 0 Å². The lowest BCUT2D eigenvalue weighted by Gasteiger charge is -2.32. The number of nitrogens with one attached hydrogen (secondary N) is 1. The Labute approximate surface area is 101 Å². The summed E-state index contributed by atoms with van der Waals surface area (Å²) in [6.45, 7) is 7.43. The van der Waals surface area contributed by atoms with E-state index in [9.17, 15) is 0 Å². The second-order valence-corrected chi connectivity index (χ2v) is 6.72. The van der Waals surface area contributed by atoms with Crippen molar-refractivity contribution in [3.05, 3.63) is 0 Å². The second-order valence-electron chi connectivity index (χ2n) is 6.72. The Kier molecular flexibility index (Phi) is 3.60. The Morgan fingerprint density at radius 2 is 1.88 bits per heavy atom. The molecule has 2 saturated carbocycles. The number of hydrogen-bond donors (Lipinski definition) is 1. The Morgan fingerprint density at radius 3 is 2.44 bits per heavy atom. The summed E-state index contributed by atoms with van der Waals surface area (Å²) in [6.07, 6.45) is 5.71. The van der Waals surface area contributed by atoms with Crippen LogP contribution in [0.1, 0.15) is 39.5 Å². The fourth-order valence-electron chi connectivity index (χ4n) is 3.56. The Balaban J connectivity index is 1.84. The summed E-state index contributed by atoms with van der Waals surface area (Å²) < 4.78 is 0. The van der Waals surface area contributed by atoms with E-state index in [1.165, 1.54) is 38.8 Å². The highest BCUT2D eigenvalue weighted by atomic mass is 15.1. The summed E-state index contributed by atoms with van der Waals surface area (Å²) in [6, 6.07) is 0.703. The summed E-state index contributed by atoms with van der Waals surface area (Å²) in [4.78, 5) is 2.56. The summed E-state index contributed by atoms with van der Waals surface area (Å²) in [7, 11) is 4.43. The van der Waals surface area contributed by atoms with Crippen molar-refractivity contribution in [2.24, 2.45) is 17.3 Å². The van der Waals surface area contributed by atoms with Crippen molar-refractivity contribution in [1.82, 2.24) is 10.2 Å². The normalized spacial score (nSPS) is 33.6. The SMILES string of the molecule is CNC1C(CN(C)CC2CC2)CCC1(C)C. The molecule has 16 heavy (non-hydrogen) atoms. The maximum absolute atomic E-state index is 3.55. The number of rotatable bonds is 5. The monoisotopic (exact) mass is 224 g/mol. The van der Waals surface area contributed by atoms with Gasteiger partial charge in [-0.1, -0.05) is 13.8 Å². The third kappa shape index (κ3) is 2.78. The molecule has 2 fully saturated rings. The maximum atomic E-state index is 3.55. The minimum Gasteiger partial charge on any atom is -0.316 e. The van der Waals surface area contributed by atoms with Crippen LogP contribution in [0.4, 0.5) is 0 Å². The van der Waals surface area contributed by atoms with Crippen LogP contribution >= 0.6 is 0 Å². The van der Waals surface area contributed by atoms with E-state index in [-0.39, 0.29) is 0 Å². The van der Waals surface area contributed by atoms with Gasteiger partial charge in [0, 0.05) is 19.1 Å². The van der Waals surface area contributed by atoms with Crippen molar-refractivity contribution in [2.75, 3.05) is 27.2 Å². The molecule has 0 aromatic heterocycles. The van der Waals surface area contributed by atoms with Crippen LogP contribution in [-0.2, 0) is 0 Å². The van der Waals surface area contributed by atoms with Crippen LogP contribution in [0.25, 0.3) is 0 Å². The highest BCUT2D eigenvalue weighted by Gasteiger charge is 2.41. The van der Waals surface area contributed by atoms with Crippen LogP contribution in [-0.4, -0.2) is 38.1 Å². The second kappa shape index (κ2) is 4.66. The third-order valence-corrected chi connectivity index (χ3v) is 4.60. The zero-order valence-electron chi connectivity index (χ0n) is 11.4. The lowest BCUT2D eigenvalue weighted by Crippen LogP contribution is -2.43. The van der Waals surface area contributed by atoms with E-state index in [0.717, 1.165) is 11.8 Å². The molecule has 2 heteroatoms. The molecule has 2 nitrogen and oxygen atoms in total. The van der Waals surface area contributed by atoms with Crippen molar-refractivity contribution < 1.29 is 0 Å². The molecule has 94 valence electrons. The molecule has 2 aliphatic carbocycles. The first-order valence-corrected chi connectivity index (χ1v) is 6.89. The van der Waals surface area contributed by atoms with Crippen LogP contribution < -0.4 is 5.32 Å². The van der Waals surface area contributed by atoms with Crippen molar-refractivity contribution >= 4 is 0 Å². The summed E-state index contributed by atoms with van der Waals surface area (Å²) in [5.41, 5.74) is 0.486. The van der Waals surface area contributed by atoms with E-state index in [1.54, 1.807) is 0 Å². The molecule has 0 amide bonds. The van der Waals surface area contributed by atoms with Crippen LogP contribution in [0.2, 0.25) is 0 Å². The third-order valence-electron chi connectivity index (χ3n) is 4.60. The summed E-state index contributed by atoms with van der Waals surface area (Å²) in [5.74, 6) is 1.87. The molecule has 0 aromatic rings. The van der Waals surface area contributed by atoms with Gasteiger partial charge < -0.3 is 10.2 Å². The first-order chi connectivity index (χ1) is 7.53. The van der Waals surface area contributed by atoms with E-state index < -0.39 is 0 Å². The van der Waals surface area contributed by atoms with E-state index in [4.69, 9.17) is 0 Å². The molecule has 0 aromatic carbocycles. The topological polar surface area (TPSA) is 15.3 Å². The van der Waals surface area contributed by atoms with E-state index in [1.807, 2.05) is 0 Å². The first kappa shape index (κ1) is 12.4. The predicted octanol–water partition coefficient (Wildman–Crippen LogP) is 2.35. The predicted molar refractivity (Wildman–Crippen MR) is 69.6 cm³/mol. The van der Waals surface area contributed by atoms with Crippen LogP contribution in [0.3, 0.4) is 0 Å². The molecule has 0 aliphatic heterocycles. The van der Waals surface area contributed by atoms with E-state index in [0.29, 0.717) is 11.5 Å². The summed E-state index contributed by atoms with van der Waals surface area (Å²) >= 11 is 0. The minimum atomic E-state index is 0.486. The van der Waals surface area contributed by atoms with Crippen molar-refractivity contribution in [3.63, 3.8) is 0 Å². The molecule has 0 spiro atoms. The fourth-order valence-corrected chi connectivity index (χ4v) is 3.56. The standard InChI is InChI=1S/C14H28N2/c1-14(2)8-7-12(13(14)15-3)10-16(4)9-11-5-6-11/h11-13,15H,5-10H2,1-4H3. The van der Waals surface area contributed by atoms with Crippen LogP contribution in [0.5, 0.6) is 0 Å². The van der Waals surface area contributed by atoms with Gasteiger partial charge in [0.05, 0.1) is 0 Å². The van der Waals surface area contributed by atoms with Gasteiger partial charge in [-0.25, -0.2) is 0 Å². The molecule has 2 atom stereocenters. The molecule has 1 N–H and O–H groups in total. The van der Waals surface area contributed by atoms with Crippen LogP contribution in [0, 0.1) is 17.3 Å². The van der Waals surface area contributed by atoms with Gasteiger partial charge in [0.1, 0.15) is 0 Å². The highest BCUT2D eigenvalue weighted by Crippen LogP contribution is 2.41. The van der Waals surface area contributed by atoms with Gasteiger partial charge in [-0.05, 0) is 57.0 Å². The minimum absolute atomic E-state index is 0.486. The quantitative estimate of drug-likeness (QED) is 0.771. The Hall–Kier alpha value is -0.0800. The van der Waals surface area contributed by atoms with Crippen molar-refractivity contribution in [3.8, 4) is 0 Å². The number of hydrogen-bond acceptors (Lipinski definition) is 2. The Bertz CT molecular complexity index is 233. The van der Waals surface area contributed by atoms with E-state index >= 15 is 0 Å². The lowest BCUT2D eigenvalue weighted by atomic mass is 9.85. The highest BCUT2D eigenvalue weighted by molar-refractivity contribution is 4.96. The first-order valence-electron chi connectivity index (χ1n) is 6.89.